The van der Waals surface area contributed by atoms with Crippen LogP contribution < -0.4 is 0 Å². The van der Waals surface area contributed by atoms with Crippen molar-refractivity contribution < 1.29 is 24.2 Å². The summed E-state index contributed by atoms with van der Waals surface area (Å²) in [6, 6.07) is 9.05. The molecule has 1 aromatic rings. The third-order valence-corrected chi connectivity index (χ3v) is 3.72. The van der Waals surface area contributed by atoms with Crippen molar-refractivity contribution in [1.29, 1.82) is 0 Å². The van der Waals surface area contributed by atoms with Gasteiger partial charge in [-0.3, -0.25) is 4.79 Å². The van der Waals surface area contributed by atoms with Gasteiger partial charge in [-0.2, -0.15) is 0 Å². The number of ether oxygens (including phenoxy) is 2. The van der Waals surface area contributed by atoms with E-state index in [9.17, 15) is 14.7 Å². The highest BCUT2D eigenvalue weighted by Crippen LogP contribution is 2.27. The van der Waals surface area contributed by atoms with Gasteiger partial charge in [-0.1, -0.05) is 18.2 Å². The number of esters is 2. The van der Waals surface area contributed by atoms with Gasteiger partial charge in [-0.15, -0.1) is 11.8 Å². The molecule has 0 saturated carbocycles. The van der Waals surface area contributed by atoms with E-state index in [1.807, 2.05) is 18.2 Å². The van der Waals surface area contributed by atoms with Gasteiger partial charge in [0, 0.05) is 4.90 Å². The molecular formula is C16H22O5S. The predicted octanol–water partition coefficient (Wildman–Crippen LogP) is 2.41. The SMILES string of the molecule is CC(C)OC(=O)[C@@H](Sc1ccccc1)[C@@H](O)C(=O)OC(C)C. The molecule has 0 fully saturated rings. The lowest BCUT2D eigenvalue weighted by molar-refractivity contribution is -0.163. The van der Waals surface area contributed by atoms with Gasteiger partial charge in [-0.05, 0) is 39.8 Å². The summed E-state index contributed by atoms with van der Waals surface area (Å²) in [6.45, 7) is 6.77. The molecule has 0 unspecified atom stereocenters. The number of benzene rings is 1. The largest absolute Gasteiger partial charge is 0.462 e. The molecule has 0 heterocycles. The summed E-state index contributed by atoms with van der Waals surface area (Å²) in [6.07, 6.45) is -2.29. The summed E-state index contributed by atoms with van der Waals surface area (Å²) in [5.74, 6) is -1.47. The predicted molar refractivity (Wildman–Crippen MR) is 84.5 cm³/mol. The molecule has 122 valence electrons. The molecule has 1 aromatic carbocycles. The number of aliphatic hydroxyl groups is 1. The number of aliphatic hydroxyl groups excluding tert-OH is 1. The third kappa shape index (κ3) is 6.07. The number of carbonyl (C=O) groups is 2. The Morgan fingerprint density at radius 2 is 1.45 bits per heavy atom. The summed E-state index contributed by atoms with van der Waals surface area (Å²) in [4.78, 5) is 24.8. The van der Waals surface area contributed by atoms with Crippen LogP contribution in [0.3, 0.4) is 0 Å². The minimum Gasteiger partial charge on any atom is -0.462 e. The number of thioether (sulfide) groups is 1. The number of hydrogen-bond acceptors (Lipinski definition) is 6. The van der Waals surface area contributed by atoms with Gasteiger partial charge in [0.1, 0.15) is 5.25 Å². The van der Waals surface area contributed by atoms with E-state index in [2.05, 4.69) is 0 Å². The van der Waals surface area contributed by atoms with Crippen molar-refractivity contribution in [3.8, 4) is 0 Å². The fourth-order valence-electron chi connectivity index (χ4n) is 1.61. The van der Waals surface area contributed by atoms with E-state index in [0.717, 1.165) is 16.7 Å². The maximum absolute atomic E-state index is 12.2. The van der Waals surface area contributed by atoms with Gasteiger partial charge in [0.2, 0.25) is 0 Å². The highest BCUT2D eigenvalue weighted by Gasteiger charge is 2.36. The van der Waals surface area contributed by atoms with Crippen LogP contribution in [0, 0.1) is 0 Å². The van der Waals surface area contributed by atoms with Crippen LogP contribution >= 0.6 is 11.8 Å². The standard InChI is InChI=1S/C16H22O5S/c1-10(2)20-15(18)13(17)14(16(19)21-11(3)4)22-12-8-6-5-7-9-12/h5-11,13-14,17H,1-4H3/t13-,14+/m1/s1. The molecule has 1 N–H and O–H groups in total. The van der Waals surface area contributed by atoms with Crippen LogP contribution in [0.15, 0.2) is 35.2 Å². The lowest BCUT2D eigenvalue weighted by atomic mass is 10.2. The minimum atomic E-state index is -1.58. The molecule has 0 aromatic heterocycles. The summed E-state index contributed by atoms with van der Waals surface area (Å²) < 4.78 is 10.1. The van der Waals surface area contributed by atoms with Crippen LogP contribution in [-0.2, 0) is 19.1 Å². The van der Waals surface area contributed by atoms with Crippen molar-refractivity contribution >= 4 is 23.7 Å². The minimum absolute atomic E-state index is 0.334. The van der Waals surface area contributed by atoms with Crippen molar-refractivity contribution in [1.82, 2.24) is 0 Å². The van der Waals surface area contributed by atoms with E-state index in [-0.39, 0.29) is 12.2 Å². The van der Waals surface area contributed by atoms with E-state index in [1.165, 1.54) is 0 Å². The molecule has 6 heteroatoms. The Bertz CT molecular complexity index is 487. The van der Waals surface area contributed by atoms with Gasteiger partial charge in [0.15, 0.2) is 6.10 Å². The van der Waals surface area contributed by atoms with Crippen molar-refractivity contribution in [2.75, 3.05) is 0 Å². The molecular weight excluding hydrogens is 304 g/mol. The molecule has 5 nitrogen and oxygen atoms in total. The third-order valence-electron chi connectivity index (χ3n) is 2.47. The average Bonchev–Trinajstić information content (AvgIpc) is 2.43. The topological polar surface area (TPSA) is 72.8 Å². The zero-order valence-electron chi connectivity index (χ0n) is 13.2. The Hall–Kier alpha value is -1.53. The zero-order valence-corrected chi connectivity index (χ0v) is 14.0. The smallest absolute Gasteiger partial charge is 0.337 e. The van der Waals surface area contributed by atoms with E-state index < -0.39 is 23.3 Å². The number of rotatable bonds is 7. The molecule has 0 spiro atoms. The summed E-state index contributed by atoms with van der Waals surface area (Å²) in [7, 11) is 0. The van der Waals surface area contributed by atoms with Crippen LogP contribution in [-0.4, -0.2) is 40.6 Å². The number of carbonyl (C=O) groups excluding carboxylic acids is 2. The molecule has 0 aliphatic heterocycles. The Morgan fingerprint density at radius 3 is 1.95 bits per heavy atom. The first-order chi connectivity index (χ1) is 10.3. The second-order valence-electron chi connectivity index (χ2n) is 5.27. The zero-order chi connectivity index (χ0) is 16.7. The average molecular weight is 326 g/mol. The molecule has 1 rings (SSSR count). The second-order valence-corrected chi connectivity index (χ2v) is 6.48. The van der Waals surface area contributed by atoms with Crippen molar-refractivity contribution in [3.05, 3.63) is 30.3 Å². The van der Waals surface area contributed by atoms with Crippen molar-refractivity contribution in [2.45, 2.75) is 56.2 Å². The molecule has 0 radical (unpaired) electrons. The van der Waals surface area contributed by atoms with E-state index in [1.54, 1.807) is 39.8 Å². The fraction of sp³-hybridized carbons (Fsp3) is 0.500. The van der Waals surface area contributed by atoms with Gasteiger partial charge < -0.3 is 14.6 Å². The molecule has 0 aliphatic carbocycles. The van der Waals surface area contributed by atoms with E-state index in [0.29, 0.717) is 0 Å². The Labute approximate surface area is 135 Å². The van der Waals surface area contributed by atoms with E-state index >= 15 is 0 Å². The summed E-state index contributed by atoms with van der Waals surface area (Å²) >= 11 is 1.08. The first kappa shape index (κ1) is 18.5. The van der Waals surface area contributed by atoms with Crippen molar-refractivity contribution in [2.24, 2.45) is 0 Å². The maximum atomic E-state index is 12.2. The second kappa shape index (κ2) is 8.80. The molecule has 0 bridgehead atoms. The quantitative estimate of drug-likeness (QED) is 0.613. The first-order valence-corrected chi connectivity index (χ1v) is 8.00. The molecule has 2 atom stereocenters. The van der Waals surface area contributed by atoms with E-state index in [4.69, 9.17) is 9.47 Å². The molecule has 0 saturated heterocycles. The van der Waals surface area contributed by atoms with Gasteiger partial charge >= 0.3 is 11.9 Å². The van der Waals surface area contributed by atoms with Crippen LogP contribution in [0.2, 0.25) is 0 Å². The Morgan fingerprint density at radius 1 is 0.955 bits per heavy atom. The van der Waals surface area contributed by atoms with Gasteiger partial charge in [0.25, 0.3) is 0 Å². The van der Waals surface area contributed by atoms with Crippen molar-refractivity contribution in [3.63, 3.8) is 0 Å². The lowest BCUT2D eigenvalue weighted by Gasteiger charge is -2.22. The highest BCUT2D eigenvalue weighted by atomic mass is 32.2. The van der Waals surface area contributed by atoms with Crippen LogP contribution in [0.4, 0.5) is 0 Å². The van der Waals surface area contributed by atoms with Crippen LogP contribution in [0.5, 0.6) is 0 Å². The first-order valence-electron chi connectivity index (χ1n) is 7.12. The molecule has 0 amide bonds. The normalized spacial score (nSPS) is 13.8. The summed E-state index contributed by atoms with van der Waals surface area (Å²) in [5.41, 5.74) is 0. The van der Waals surface area contributed by atoms with Gasteiger partial charge in [0.05, 0.1) is 12.2 Å². The molecule has 22 heavy (non-hydrogen) atoms. The molecule has 0 aliphatic rings. The van der Waals surface area contributed by atoms with Crippen LogP contribution in [0.1, 0.15) is 27.7 Å². The lowest BCUT2D eigenvalue weighted by Crippen LogP contribution is -2.41. The highest BCUT2D eigenvalue weighted by molar-refractivity contribution is 8.00. The Kier molecular flexibility index (Phi) is 7.41. The van der Waals surface area contributed by atoms with Gasteiger partial charge in [-0.25, -0.2) is 4.79 Å². The van der Waals surface area contributed by atoms with Crippen LogP contribution in [0.25, 0.3) is 0 Å². The summed E-state index contributed by atoms with van der Waals surface area (Å²) in [5, 5.41) is 9.10. The fourth-order valence-corrected chi connectivity index (χ4v) is 2.61. The monoisotopic (exact) mass is 326 g/mol. The maximum Gasteiger partial charge on any atom is 0.337 e. The Balaban J connectivity index is 2.90. The number of hydrogen-bond donors (Lipinski definition) is 1.